The van der Waals surface area contributed by atoms with Crippen molar-refractivity contribution in [3.63, 3.8) is 0 Å². The van der Waals surface area contributed by atoms with Crippen LogP contribution in [0.2, 0.25) is 0 Å². The second-order valence-corrected chi connectivity index (χ2v) is 5.51. The fourth-order valence-electron chi connectivity index (χ4n) is 3.00. The normalized spacial score (nSPS) is 17.4. The fraction of sp³-hybridized carbons (Fsp3) is 0.412. The molecule has 4 nitrogen and oxygen atoms in total. The van der Waals surface area contributed by atoms with Crippen LogP contribution >= 0.6 is 0 Å². The van der Waals surface area contributed by atoms with Gasteiger partial charge < -0.3 is 19.1 Å². The molecule has 0 bridgehead atoms. The summed E-state index contributed by atoms with van der Waals surface area (Å²) >= 11 is 0. The average Bonchev–Trinajstić information content (AvgIpc) is 2.91. The standard InChI is InChI=1S/C17H21NO3/c1-20-16-7-6-12(8-17(16)21-2)9-18-10-13-4-3-5-15(19)14(13)11-18/h6-8,10-11,15,19H,3-5,9H2,1-2H3. The molecule has 3 rings (SSSR count). The molecule has 0 aliphatic heterocycles. The number of aromatic nitrogens is 1. The Hall–Kier alpha value is -1.94. The predicted octanol–water partition coefficient (Wildman–Crippen LogP) is 2.92. The molecule has 1 unspecified atom stereocenters. The van der Waals surface area contributed by atoms with Crippen molar-refractivity contribution in [2.24, 2.45) is 0 Å². The lowest BCUT2D eigenvalue weighted by atomic mass is 9.93. The van der Waals surface area contributed by atoms with E-state index in [0.717, 1.165) is 48.4 Å². The highest BCUT2D eigenvalue weighted by molar-refractivity contribution is 5.43. The lowest BCUT2D eigenvalue weighted by Gasteiger charge is -2.16. The van der Waals surface area contributed by atoms with Gasteiger partial charge in [0.25, 0.3) is 0 Å². The molecule has 1 heterocycles. The summed E-state index contributed by atoms with van der Waals surface area (Å²) in [5, 5.41) is 10.0. The molecule has 112 valence electrons. The van der Waals surface area contributed by atoms with Crippen LogP contribution in [0.1, 0.15) is 35.6 Å². The van der Waals surface area contributed by atoms with E-state index < -0.39 is 0 Å². The fourth-order valence-corrected chi connectivity index (χ4v) is 3.00. The van der Waals surface area contributed by atoms with Crippen molar-refractivity contribution in [2.45, 2.75) is 31.9 Å². The van der Waals surface area contributed by atoms with Gasteiger partial charge in [-0.05, 0) is 42.5 Å². The zero-order valence-corrected chi connectivity index (χ0v) is 12.5. The van der Waals surface area contributed by atoms with Crippen molar-refractivity contribution in [1.29, 1.82) is 0 Å². The van der Waals surface area contributed by atoms with Gasteiger partial charge in [-0.1, -0.05) is 6.07 Å². The number of hydrogen-bond acceptors (Lipinski definition) is 3. The van der Waals surface area contributed by atoms with Gasteiger partial charge in [-0.25, -0.2) is 0 Å². The highest BCUT2D eigenvalue weighted by Gasteiger charge is 2.19. The first kappa shape index (κ1) is 14.0. The third-order valence-electron chi connectivity index (χ3n) is 4.09. The average molecular weight is 287 g/mol. The molecule has 4 heteroatoms. The number of nitrogens with zero attached hydrogens (tertiary/aromatic N) is 1. The van der Waals surface area contributed by atoms with Gasteiger partial charge >= 0.3 is 0 Å². The van der Waals surface area contributed by atoms with Crippen LogP contribution in [0.4, 0.5) is 0 Å². The Kier molecular flexibility index (Phi) is 3.88. The lowest BCUT2D eigenvalue weighted by Crippen LogP contribution is -2.05. The Balaban J connectivity index is 1.84. The Morgan fingerprint density at radius 3 is 2.71 bits per heavy atom. The summed E-state index contributed by atoms with van der Waals surface area (Å²) in [4.78, 5) is 0. The summed E-state index contributed by atoms with van der Waals surface area (Å²) < 4.78 is 12.7. The zero-order valence-electron chi connectivity index (χ0n) is 12.5. The highest BCUT2D eigenvalue weighted by Crippen LogP contribution is 2.31. The molecular weight excluding hydrogens is 266 g/mol. The molecule has 0 amide bonds. The Bertz CT molecular complexity index is 633. The Morgan fingerprint density at radius 1 is 1.19 bits per heavy atom. The molecule has 0 spiro atoms. The Labute approximate surface area is 124 Å². The smallest absolute Gasteiger partial charge is 0.161 e. The first-order valence-corrected chi connectivity index (χ1v) is 7.28. The highest BCUT2D eigenvalue weighted by atomic mass is 16.5. The van der Waals surface area contributed by atoms with Gasteiger partial charge in [0.2, 0.25) is 0 Å². The minimum Gasteiger partial charge on any atom is -0.493 e. The third-order valence-corrected chi connectivity index (χ3v) is 4.09. The van der Waals surface area contributed by atoms with Gasteiger partial charge in [-0.3, -0.25) is 0 Å². The molecule has 1 atom stereocenters. The second kappa shape index (κ2) is 5.82. The van der Waals surface area contributed by atoms with E-state index >= 15 is 0 Å². The molecule has 1 aromatic heterocycles. The van der Waals surface area contributed by atoms with Crippen LogP contribution < -0.4 is 9.47 Å². The number of methoxy groups -OCH3 is 2. The van der Waals surface area contributed by atoms with Crippen LogP contribution in [0, 0.1) is 0 Å². The number of hydrogen-bond donors (Lipinski definition) is 1. The quantitative estimate of drug-likeness (QED) is 0.940. The van der Waals surface area contributed by atoms with Crippen LogP contribution in [-0.4, -0.2) is 23.9 Å². The predicted molar refractivity (Wildman–Crippen MR) is 81.0 cm³/mol. The summed E-state index contributed by atoms with van der Waals surface area (Å²) in [6.07, 6.45) is 6.90. The maximum absolute atomic E-state index is 10.0. The van der Waals surface area contributed by atoms with Crippen LogP contribution in [0.25, 0.3) is 0 Å². The Morgan fingerprint density at radius 2 is 2.00 bits per heavy atom. The lowest BCUT2D eigenvalue weighted by molar-refractivity contribution is 0.157. The second-order valence-electron chi connectivity index (χ2n) is 5.51. The number of aliphatic hydroxyl groups excluding tert-OH is 1. The molecule has 2 aromatic rings. The summed E-state index contributed by atoms with van der Waals surface area (Å²) in [5.41, 5.74) is 3.51. The van der Waals surface area contributed by atoms with E-state index in [1.807, 2.05) is 18.2 Å². The van der Waals surface area contributed by atoms with Gasteiger partial charge in [-0.2, -0.15) is 0 Å². The van der Waals surface area contributed by atoms with Crippen LogP contribution in [-0.2, 0) is 13.0 Å². The van der Waals surface area contributed by atoms with Crippen molar-refractivity contribution in [2.75, 3.05) is 14.2 Å². The van der Waals surface area contributed by atoms with Crippen molar-refractivity contribution >= 4 is 0 Å². The third kappa shape index (κ3) is 2.76. The number of aryl methyl sites for hydroxylation is 1. The molecule has 0 saturated heterocycles. The molecular formula is C17H21NO3. The van der Waals surface area contributed by atoms with Gasteiger partial charge in [0.1, 0.15) is 0 Å². The van der Waals surface area contributed by atoms with E-state index in [9.17, 15) is 5.11 Å². The van der Waals surface area contributed by atoms with Crippen LogP contribution in [0.5, 0.6) is 11.5 Å². The number of ether oxygens (including phenoxy) is 2. The van der Waals surface area contributed by atoms with Crippen molar-refractivity contribution in [3.8, 4) is 11.5 Å². The first-order chi connectivity index (χ1) is 10.2. The minimum absolute atomic E-state index is 0.305. The minimum atomic E-state index is -0.305. The monoisotopic (exact) mass is 287 g/mol. The van der Waals surface area contributed by atoms with Gasteiger partial charge in [0, 0.05) is 24.5 Å². The number of benzene rings is 1. The van der Waals surface area contributed by atoms with Gasteiger partial charge in [0.05, 0.1) is 20.3 Å². The van der Waals surface area contributed by atoms with Crippen LogP contribution in [0.3, 0.4) is 0 Å². The first-order valence-electron chi connectivity index (χ1n) is 7.28. The van der Waals surface area contributed by atoms with Crippen molar-refractivity contribution < 1.29 is 14.6 Å². The largest absolute Gasteiger partial charge is 0.493 e. The van der Waals surface area contributed by atoms with E-state index in [2.05, 4.69) is 17.0 Å². The molecule has 1 aromatic carbocycles. The van der Waals surface area contributed by atoms with Crippen LogP contribution in [0.15, 0.2) is 30.6 Å². The molecule has 0 radical (unpaired) electrons. The summed E-state index contributed by atoms with van der Waals surface area (Å²) in [6.45, 7) is 0.764. The topological polar surface area (TPSA) is 43.6 Å². The van der Waals surface area contributed by atoms with Gasteiger partial charge in [0.15, 0.2) is 11.5 Å². The van der Waals surface area contributed by atoms with Crippen molar-refractivity contribution in [1.82, 2.24) is 4.57 Å². The van der Waals surface area contributed by atoms with E-state index in [1.54, 1.807) is 14.2 Å². The summed E-state index contributed by atoms with van der Waals surface area (Å²) in [6, 6.07) is 5.96. The maximum atomic E-state index is 10.0. The van der Waals surface area contributed by atoms with E-state index in [4.69, 9.17) is 9.47 Å². The SMILES string of the molecule is COc1ccc(Cn2cc3c(c2)C(O)CCC3)cc1OC. The summed E-state index contributed by atoms with van der Waals surface area (Å²) in [5.74, 6) is 1.48. The summed E-state index contributed by atoms with van der Waals surface area (Å²) in [7, 11) is 3.28. The number of fused-ring (bicyclic) bond motifs is 1. The van der Waals surface area contributed by atoms with Crippen molar-refractivity contribution in [3.05, 3.63) is 47.3 Å². The molecule has 0 saturated carbocycles. The molecule has 0 fully saturated rings. The molecule has 21 heavy (non-hydrogen) atoms. The van der Waals surface area contributed by atoms with E-state index in [-0.39, 0.29) is 6.10 Å². The molecule has 1 aliphatic rings. The zero-order chi connectivity index (χ0) is 14.8. The van der Waals surface area contributed by atoms with E-state index in [0.29, 0.717) is 0 Å². The number of rotatable bonds is 4. The number of aliphatic hydroxyl groups is 1. The van der Waals surface area contributed by atoms with Gasteiger partial charge in [-0.15, -0.1) is 0 Å². The maximum Gasteiger partial charge on any atom is 0.161 e. The molecule has 1 N–H and O–H groups in total. The van der Waals surface area contributed by atoms with E-state index in [1.165, 1.54) is 5.56 Å². The molecule has 1 aliphatic carbocycles.